The van der Waals surface area contributed by atoms with Gasteiger partial charge in [0.1, 0.15) is 0 Å². The van der Waals surface area contributed by atoms with Gasteiger partial charge in [-0.1, -0.05) is 19.8 Å². The summed E-state index contributed by atoms with van der Waals surface area (Å²) in [5.74, 6) is 0.376. The zero-order valence-corrected chi connectivity index (χ0v) is 11.3. The fraction of sp³-hybridized carbons (Fsp3) is 0.909. The molecular weight excluding hydrogens is 240 g/mol. The summed E-state index contributed by atoms with van der Waals surface area (Å²) in [4.78, 5) is 11.8. The monoisotopic (exact) mass is 262 g/mol. The number of carbonyl (C=O) groups excluding carboxylic acids is 1. The molecule has 0 spiro atoms. The molecule has 17 heavy (non-hydrogen) atoms. The maximum Gasteiger partial charge on any atom is 0.223 e. The molecule has 1 unspecified atom stereocenters. The minimum atomic E-state index is -3.22. The van der Waals surface area contributed by atoms with E-state index in [4.69, 9.17) is 0 Å². The molecule has 2 N–H and O–H groups in total. The van der Waals surface area contributed by atoms with Gasteiger partial charge in [-0.05, 0) is 25.8 Å². The summed E-state index contributed by atoms with van der Waals surface area (Å²) in [5, 5.41) is 2.69. The normalized spacial score (nSPS) is 19.2. The molecule has 0 bridgehead atoms. The summed E-state index contributed by atoms with van der Waals surface area (Å²) in [6, 6.07) is 0. The Balaban J connectivity index is 2.29. The summed E-state index contributed by atoms with van der Waals surface area (Å²) < 4.78 is 24.5. The van der Waals surface area contributed by atoms with E-state index in [1.54, 1.807) is 0 Å². The summed E-state index contributed by atoms with van der Waals surface area (Å²) in [6.45, 7) is 2.11. The largest absolute Gasteiger partial charge is 0.355 e. The molecule has 0 heterocycles. The third kappa shape index (κ3) is 4.63. The van der Waals surface area contributed by atoms with E-state index < -0.39 is 10.0 Å². The number of rotatable bonds is 6. The first-order valence-corrected chi connectivity index (χ1v) is 7.80. The van der Waals surface area contributed by atoms with Gasteiger partial charge in [-0.3, -0.25) is 4.79 Å². The SMILES string of the molecule is CNS(=O)(=O)CCNC(=O)C(C)C1CCCC1. The van der Waals surface area contributed by atoms with E-state index in [1.165, 1.54) is 19.9 Å². The maximum absolute atomic E-state index is 11.8. The Morgan fingerprint density at radius 3 is 2.47 bits per heavy atom. The lowest BCUT2D eigenvalue weighted by molar-refractivity contribution is -0.125. The van der Waals surface area contributed by atoms with Crippen molar-refractivity contribution in [3.8, 4) is 0 Å². The smallest absolute Gasteiger partial charge is 0.223 e. The Kier molecular flexibility index (Phi) is 5.39. The van der Waals surface area contributed by atoms with Crippen molar-refractivity contribution >= 4 is 15.9 Å². The first-order chi connectivity index (χ1) is 7.96. The molecule has 0 radical (unpaired) electrons. The van der Waals surface area contributed by atoms with E-state index in [0.717, 1.165) is 12.8 Å². The van der Waals surface area contributed by atoms with Crippen molar-refractivity contribution in [1.82, 2.24) is 10.0 Å². The van der Waals surface area contributed by atoms with Crippen LogP contribution in [0.1, 0.15) is 32.6 Å². The van der Waals surface area contributed by atoms with Crippen LogP contribution in [-0.2, 0) is 14.8 Å². The molecule has 1 amide bonds. The summed E-state index contributed by atoms with van der Waals surface area (Å²) >= 11 is 0. The Hall–Kier alpha value is -0.620. The lowest BCUT2D eigenvalue weighted by atomic mass is 9.92. The van der Waals surface area contributed by atoms with Gasteiger partial charge in [-0.25, -0.2) is 13.1 Å². The molecule has 1 fully saturated rings. The van der Waals surface area contributed by atoms with E-state index in [2.05, 4.69) is 10.0 Å². The van der Waals surface area contributed by atoms with Crippen LogP contribution in [0.3, 0.4) is 0 Å². The summed E-state index contributed by atoms with van der Waals surface area (Å²) in [6.07, 6.45) is 4.64. The van der Waals surface area contributed by atoms with E-state index in [1.807, 2.05) is 6.92 Å². The number of sulfonamides is 1. The minimum Gasteiger partial charge on any atom is -0.355 e. The molecular formula is C11H22N2O3S. The predicted octanol–water partition coefficient (Wildman–Crippen LogP) is 0.478. The third-order valence-electron chi connectivity index (χ3n) is 3.50. The lowest BCUT2D eigenvalue weighted by Crippen LogP contribution is -2.37. The highest BCUT2D eigenvalue weighted by Gasteiger charge is 2.26. The molecule has 6 heteroatoms. The quantitative estimate of drug-likeness (QED) is 0.731. The van der Waals surface area contributed by atoms with Gasteiger partial charge in [0.05, 0.1) is 5.75 Å². The van der Waals surface area contributed by atoms with E-state index in [-0.39, 0.29) is 24.1 Å². The molecule has 0 aliphatic heterocycles. The first-order valence-electron chi connectivity index (χ1n) is 6.15. The summed E-state index contributed by atoms with van der Waals surface area (Å²) in [5.41, 5.74) is 0. The molecule has 5 nitrogen and oxygen atoms in total. The average Bonchev–Trinajstić information content (AvgIpc) is 2.81. The van der Waals surface area contributed by atoms with Gasteiger partial charge in [-0.15, -0.1) is 0 Å². The summed E-state index contributed by atoms with van der Waals surface area (Å²) in [7, 11) is -1.85. The van der Waals surface area contributed by atoms with Crippen molar-refractivity contribution in [2.75, 3.05) is 19.3 Å². The van der Waals surface area contributed by atoms with Crippen LogP contribution < -0.4 is 10.0 Å². The molecule has 1 aliphatic carbocycles. The van der Waals surface area contributed by atoms with Gasteiger partial charge in [0.25, 0.3) is 0 Å². The van der Waals surface area contributed by atoms with Crippen molar-refractivity contribution in [3.05, 3.63) is 0 Å². The molecule has 0 saturated heterocycles. The Labute approximate surface area is 103 Å². The van der Waals surface area contributed by atoms with Crippen molar-refractivity contribution in [1.29, 1.82) is 0 Å². The van der Waals surface area contributed by atoms with Crippen molar-refractivity contribution in [2.45, 2.75) is 32.6 Å². The fourth-order valence-electron chi connectivity index (χ4n) is 2.24. The Bertz CT molecular complexity index is 348. The molecule has 0 aromatic carbocycles. The van der Waals surface area contributed by atoms with Gasteiger partial charge in [-0.2, -0.15) is 0 Å². The highest BCUT2D eigenvalue weighted by molar-refractivity contribution is 7.89. The zero-order chi connectivity index (χ0) is 12.9. The first kappa shape index (κ1) is 14.4. The second-order valence-corrected chi connectivity index (χ2v) is 6.69. The van der Waals surface area contributed by atoms with Crippen LogP contribution in [0, 0.1) is 11.8 Å². The van der Waals surface area contributed by atoms with Gasteiger partial charge >= 0.3 is 0 Å². The van der Waals surface area contributed by atoms with Gasteiger partial charge in [0, 0.05) is 12.5 Å². The lowest BCUT2D eigenvalue weighted by Gasteiger charge is -2.18. The van der Waals surface area contributed by atoms with E-state index in [0.29, 0.717) is 5.92 Å². The molecule has 1 saturated carbocycles. The van der Waals surface area contributed by atoms with Crippen molar-refractivity contribution < 1.29 is 13.2 Å². The molecule has 1 rings (SSSR count). The highest BCUT2D eigenvalue weighted by Crippen LogP contribution is 2.31. The van der Waals surface area contributed by atoms with Crippen molar-refractivity contribution in [3.63, 3.8) is 0 Å². The number of nitrogens with one attached hydrogen (secondary N) is 2. The zero-order valence-electron chi connectivity index (χ0n) is 10.5. The van der Waals surface area contributed by atoms with Crippen LogP contribution in [-0.4, -0.2) is 33.7 Å². The second kappa shape index (κ2) is 6.35. The standard InChI is InChI=1S/C11H22N2O3S/c1-9(10-5-3-4-6-10)11(14)13-7-8-17(15,16)12-2/h9-10,12H,3-8H2,1-2H3,(H,13,14). The van der Waals surface area contributed by atoms with Crippen LogP contribution in [0.2, 0.25) is 0 Å². The van der Waals surface area contributed by atoms with Crippen molar-refractivity contribution in [2.24, 2.45) is 11.8 Å². The maximum atomic E-state index is 11.8. The van der Waals surface area contributed by atoms with Gasteiger partial charge in [0.2, 0.25) is 15.9 Å². The van der Waals surface area contributed by atoms with Crippen LogP contribution in [0.25, 0.3) is 0 Å². The Morgan fingerprint density at radius 1 is 1.35 bits per heavy atom. The number of amides is 1. The molecule has 0 aromatic heterocycles. The molecule has 0 aromatic rings. The molecule has 100 valence electrons. The van der Waals surface area contributed by atoms with Gasteiger partial charge in [0.15, 0.2) is 0 Å². The second-order valence-electron chi connectivity index (χ2n) is 4.65. The fourth-order valence-corrected chi connectivity index (χ4v) is 2.82. The van der Waals surface area contributed by atoms with Crippen LogP contribution in [0.5, 0.6) is 0 Å². The van der Waals surface area contributed by atoms with E-state index in [9.17, 15) is 13.2 Å². The average molecular weight is 262 g/mol. The predicted molar refractivity (Wildman–Crippen MR) is 67.0 cm³/mol. The topological polar surface area (TPSA) is 75.3 Å². The molecule has 1 aliphatic rings. The molecule has 1 atom stereocenters. The van der Waals surface area contributed by atoms with Crippen LogP contribution in [0.4, 0.5) is 0 Å². The number of carbonyl (C=O) groups is 1. The van der Waals surface area contributed by atoms with Crippen LogP contribution >= 0.6 is 0 Å². The number of hydrogen-bond acceptors (Lipinski definition) is 3. The van der Waals surface area contributed by atoms with E-state index >= 15 is 0 Å². The minimum absolute atomic E-state index is 0.00482. The third-order valence-corrected chi connectivity index (χ3v) is 4.87. The highest BCUT2D eigenvalue weighted by atomic mass is 32.2. The van der Waals surface area contributed by atoms with Crippen LogP contribution in [0.15, 0.2) is 0 Å². The number of hydrogen-bond donors (Lipinski definition) is 2. The van der Waals surface area contributed by atoms with Gasteiger partial charge < -0.3 is 5.32 Å². The Morgan fingerprint density at radius 2 is 1.94 bits per heavy atom.